The van der Waals surface area contributed by atoms with Crippen LogP contribution >= 0.6 is 0 Å². The van der Waals surface area contributed by atoms with Crippen molar-refractivity contribution in [2.24, 2.45) is 5.41 Å². The van der Waals surface area contributed by atoms with Gasteiger partial charge in [-0.15, -0.1) is 0 Å². The second-order valence-corrected chi connectivity index (χ2v) is 4.09. The molecular formula is C11H14O. The van der Waals surface area contributed by atoms with E-state index in [1.165, 1.54) is 11.1 Å². The first kappa shape index (κ1) is 7.81. The molecule has 0 bridgehead atoms. The lowest BCUT2D eigenvalue weighted by molar-refractivity contribution is 0.152. The molecule has 64 valence electrons. The first-order valence-electron chi connectivity index (χ1n) is 4.41. The van der Waals surface area contributed by atoms with E-state index in [1.807, 2.05) is 0 Å². The van der Waals surface area contributed by atoms with Crippen LogP contribution in [-0.4, -0.2) is 11.7 Å². The topological polar surface area (TPSA) is 20.2 Å². The lowest BCUT2D eigenvalue weighted by atomic mass is 9.88. The molecule has 1 aromatic carbocycles. The van der Waals surface area contributed by atoms with Crippen molar-refractivity contribution in [3.8, 4) is 0 Å². The third kappa shape index (κ3) is 1.14. The SMILES string of the molecule is CC1(CO)Cc2ccccc2C1. The summed E-state index contributed by atoms with van der Waals surface area (Å²) >= 11 is 0. The minimum absolute atomic E-state index is 0.101. The number of aliphatic hydroxyl groups excluding tert-OH is 1. The molecular weight excluding hydrogens is 148 g/mol. The van der Waals surface area contributed by atoms with Gasteiger partial charge in [-0.05, 0) is 29.4 Å². The van der Waals surface area contributed by atoms with Gasteiger partial charge in [0.05, 0.1) is 0 Å². The molecule has 1 aliphatic rings. The van der Waals surface area contributed by atoms with Crippen molar-refractivity contribution >= 4 is 0 Å². The van der Waals surface area contributed by atoms with Crippen LogP contribution in [0.1, 0.15) is 18.1 Å². The average molecular weight is 162 g/mol. The number of hydrogen-bond acceptors (Lipinski definition) is 1. The number of benzene rings is 1. The van der Waals surface area contributed by atoms with Crippen LogP contribution in [0.3, 0.4) is 0 Å². The Hall–Kier alpha value is -0.820. The van der Waals surface area contributed by atoms with Crippen LogP contribution in [0.2, 0.25) is 0 Å². The summed E-state index contributed by atoms with van der Waals surface area (Å²) in [5.74, 6) is 0. The summed E-state index contributed by atoms with van der Waals surface area (Å²) in [4.78, 5) is 0. The zero-order valence-corrected chi connectivity index (χ0v) is 7.38. The van der Waals surface area contributed by atoms with Crippen molar-refractivity contribution in [3.63, 3.8) is 0 Å². The fraction of sp³-hybridized carbons (Fsp3) is 0.455. The molecule has 0 amide bonds. The molecule has 1 N–H and O–H groups in total. The fourth-order valence-corrected chi connectivity index (χ4v) is 2.00. The Morgan fingerprint density at radius 2 is 1.75 bits per heavy atom. The van der Waals surface area contributed by atoms with Crippen LogP contribution in [0.5, 0.6) is 0 Å². The van der Waals surface area contributed by atoms with E-state index in [9.17, 15) is 5.11 Å². The highest BCUT2D eigenvalue weighted by Gasteiger charge is 2.31. The summed E-state index contributed by atoms with van der Waals surface area (Å²) in [7, 11) is 0. The molecule has 0 fully saturated rings. The normalized spacial score (nSPS) is 19.2. The molecule has 0 radical (unpaired) electrons. The van der Waals surface area contributed by atoms with Gasteiger partial charge in [-0.25, -0.2) is 0 Å². The van der Waals surface area contributed by atoms with E-state index in [-0.39, 0.29) is 5.41 Å². The maximum atomic E-state index is 9.20. The largest absolute Gasteiger partial charge is 0.396 e. The second kappa shape index (κ2) is 2.60. The van der Waals surface area contributed by atoms with Crippen molar-refractivity contribution in [1.29, 1.82) is 0 Å². The van der Waals surface area contributed by atoms with Gasteiger partial charge in [0, 0.05) is 6.61 Å². The highest BCUT2D eigenvalue weighted by molar-refractivity contribution is 5.33. The van der Waals surface area contributed by atoms with E-state index in [2.05, 4.69) is 31.2 Å². The van der Waals surface area contributed by atoms with Crippen molar-refractivity contribution in [3.05, 3.63) is 35.4 Å². The van der Waals surface area contributed by atoms with Gasteiger partial charge < -0.3 is 5.11 Å². The Labute approximate surface area is 73.0 Å². The molecule has 12 heavy (non-hydrogen) atoms. The number of hydrogen-bond donors (Lipinski definition) is 1. The summed E-state index contributed by atoms with van der Waals surface area (Å²) in [6.07, 6.45) is 2.05. The Morgan fingerprint density at radius 3 is 2.17 bits per heavy atom. The van der Waals surface area contributed by atoms with Gasteiger partial charge in [-0.2, -0.15) is 0 Å². The van der Waals surface area contributed by atoms with Crippen LogP contribution in [0.15, 0.2) is 24.3 Å². The molecule has 1 nitrogen and oxygen atoms in total. The minimum Gasteiger partial charge on any atom is -0.396 e. The quantitative estimate of drug-likeness (QED) is 0.667. The fourth-order valence-electron chi connectivity index (χ4n) is 2.00. The predicted molar refractivity (Wildman–Crippen MR) is 49.0 cm³/mol. The van der Waals surface area contributed by atoms with E-state index < -0.39 is 0 Å². The maximum absolute atomic E-state index is 9.20. The van der Waals surface area contributed by atoms with Gasteiger partial charge in [0.2, 0.25) is 0 Å². The predicted octanol–water partition coefficient (Wildman–Crippen LogP) is 1.78. The Morgan fingerprint density at radius 1 is 1.25 bits per heavy atom. The zero-order valence-electron chi connectivity index (χ0n) is 7.38. The molecule has 0 saturated heterocycles. The first-order chi connectivity index (χ1) is 5.73. The van der Waals surface area contributed by atoms with Crippen LogP contribution in [0, 0.1) is 5.41 Å². The zero-order chi connectivity index (χ0) is 8.60. The van der Waals surface area contributed by atoms with Crippen LogP contribution in [0.25, 0.3) is 0 Å². The summed E-state index contributed by atoms with van der Waals surface area (Å²) in [5.41, 5.74) is 2.92. The lowest BCUT2D eigenvalue weighted by Gasteiger charge is -2.19. The third-order valence-corrected chi connectivity index (χ3v) is 2.73. The molecule has 1 aromatic rings. The Kier molecular flexibility index (Phi) is 1.69. The molecule has 1 heteroatoms. The number of rotatable bonds is 1. The van der Waals surface area contributed by atoms with E-state index >= 15 is 0 Å². The van der Waals surface area contributed by atoms with E-state index in [4.69, 9.17) is 0 Å². The van der Waals surface area contributed by atoms with Gasteiger partial charge in [0.15, 0.2) is 0 Å². The maximum Gasteiger partial charge on any atom is 0.0491 e. The first-order valence-corrected chi connectivity index (χ1v) is 4.41. The summed E-state index contributed by atoms with van der Waals surface area (Å²) in [5, 5.41) is 9.20. The van der Waals surface area contributed by atoms with E-state index in [0.29, 0.717) is 6.61 Å². The monoisotopic (exact) mass is 162 g/mol. The number of fused-ring (bicyclic) bond motifs is 1. The molecule has 0 atom stereocenters. The Bertz CT molecular complexity index is 266. The minimum atomic E-state index is 0.101. The summed E-state index contributed by atoms with van der Waals surface area (Å²) in [6, 6.07) is 8.47. The molecule has 0 saturated carbocycles. The standard InChI is InChI=1S/C11H14O/c1-11(8-12)6-9-4-2-3-5-10(9)7-11/h2-5,12H,6-8H2,1H3. The van der Waals surface area contributed by atoms with Gasteiger partial charge in [0.25, 0.3) is 0 Å². The highest BCUT2D eigenvalue weighted by Crippen LogP contribution is 2.35. The molecule has 0 aromatic heterocycles. The molecule has 0 spiro atoms. The Balaban J connectivity index is 2.33. The summed E-state index contributed by atoms with van der Waals surface area (Å²) < 4.78 is 0. The third-order valence-electron chi connectivity index (χ3n) is 2.73. The van der Waals surface area contributed by atoms with Gasteiger partial charge in [-0.3, -0.25) is 0 Å². The molecule has 0 unspecified atom stereocenters. The average Bonchev–Trinajstić information content (AvgIpc) is 2.42. The molecule has 1 aliphatic carbocycles. The van der Waals surface area contributed by atoms with Gasteiger partial charge in [0.1, 0.15) is 0 Å². The van der Waals surface area contributed by atoms with E-state index in [1.54, 1.807) is 0 Å². The van der Waals surface area contributed by atoms with E-state index in [0.717, 1.165) is 12.8 Å². The van der Waals surface area contributed by atoms with Crippen LogP contribution in [-0.2, 0) is 12.8 Å². The second-order valence-electron chi connectivity index (χ2n) is 4.09. The van der Waals surface area contributed by atoms with Crippen LogP contribution in [0.4, 0.5) is 0 Å². The highest BCUT2D eigenvalue weighted by atomic mass is 16.3. The van der Waals surface area contributed by atoms with Gasteiger partial charge in [-0.1, -0.05) is 31.2 Å². The van der Waals surface area contributed by atoms with Crippen molar-refractivity contribution in [1.82, 2.24) is 0 Å². The molecule has 2 rings (SSSR count). The number of aliphatic hydroxyl groups is 1. The smallest absolute Gasteiger partial charge is 0.0491 e. The molecule has 0 heterocycles. The molecule has 0 aliphatic heterocycles. The van der Waals surface area contributed by atoms with Gasteiger partial charge >= 0.3 is 0 Å². The van der Waals surface area contributed by atoms with Crippen molar-refractivity contribution in [2.45, 2.75) is 19.8 Å². The lowest BCUT2D eigenvalue weighted by Crippen LogP contribution is -2.21. The van der Waals surface area contributed by atoms with Crippen molar-refractivity contribution in [2.75, 3.05) is 6.61 Å². The van der Waals surface area contributed by atoms with Crippen molar-refractivity contribution < 1.29 is 5.11 Å². The summed E-state index contributed by atoms with van der Waals surface area (Å²) in [6.45, 7) is 2.44. The van der Waals surface area contributed by atoms with Crippen LogP contribution < -0.4 is 0 Å².